The highest BCUT2D eigenvalue weighted by Crippen LogP contribution is 2.36. The van der Waals surface area contributed by atoms with Crippen LogP contribution in [0.15, 0.2) is 42.5 Å². The van der Waals surface area contributed by atoms with Crippen LogP contribution in [0, 0.1) is 10.1 Å². The van der Waals surface area contributed by atoms with Crippen molar-refractivity contribution in [1.82, 2.24) is 4.90 Å². The van der Waals surface area contributed by atoms with E-state index in [9.17, 15) is 41.3 Å². The molecule has 0 N–H and O–H groups in total. The number of non-ortho nitro benzene ring substituents is 1. The van der Waals surface area contributed by atoms with Crippen LogP contribution in [0.25, 0.3) is 0 Å². The molecule has 1 saturated heterocycles. The average Bonchev–Trinajstić information content (AvgIpc) is 2.72. The lowest BCUT2D eigenvalue weighted by atomic mass is 10.0. The Balaban J connectivity index is 1.76. The number of nitro groups is 1. The number of rotatable bonds is 3. The second-order valence-electron chi connectivity index (χ2n) is 6.85. The molecule has 0 spiro atoms. The lowest BCUT2D eigenvalue weighted by Crippen LogP contribution is -2.48. The molecule has 6 nitrogen and oxygen atoms in total. The molecule has 1 aliphatic heterocycles. The number of nitro benzene ring substituents is 1. The molecule has 1 heterocycles. The molecule has 166 valence electrons. The van der Waals surface area contributed by atoms with Gasteiger partial charge in [-0.2, -0.15) is 26.3 Å². The van der Waals surface area contributed by atoms with E-state index < -0.39 is 39.9 Å². The van der Waals surface area contributed by atoms with Crippen LogP contribution in [0.4, 0.5) is 37.7 Å². The van der Waals surface area contributed by atoms with Gasteiger partial charge in [0.15, 0.2) is 0 Å². The van der Waals surface area contributed by atoms with Gasteiger partial charge in [0, 0.05) is 49.6 Å². The number of piperazine rings is 1. The number of benzene rings is 2. The van der Waals surface area contributed by atoms with Gasteiger partial charge in [0.05, 0.1) is 16.1 Å². The molecule has 0 saturated carbocycles. The van der Waals surface area contributed by atoms with E-state index in [4.69, 9.17) is 0 Å². The van der Waals surface area contributed by atoms with Gasteiger partial charge < -0.3 is 9.80 Å². The Morgan fingerprint density at radius 1 is 0.839 bits per heavy atom. The molecule has 0 atom stereocenters. The van der Waals surface area contributed by atoms with Crippen molar-refractivity contribution in [2.45, 2.75) is 12.4 Å². The molecule has 0 bridgehead atoms. The Kier molecular flexibility index (Phi) is 5.83. The summed E-state index contributed by atoms with van der Waals surface area (Å²) in [7, 11) is 0. The summed E-state index contributed by atoms with van der Waals surface area (Å²) in [6, 6.07) is 6.49. The first-order valence-electron chi connectivity index (χ1n) is 8.94. The maximum atomic E-state index is 13.0. The molecule has 3 rings (SSSR count). The SMILES string of the molecule is O=C(c1cc(C(F)(F)F)cc(C(F)(F)F)c1)N1CCN(c2ccc([N+](=O)[O-])cc2)CC1. The molecule has 2 aromatic rings. The van der Waals surface area contributed by atoms with E-state index in [1.165, 1.54) is 29.2 Å². The summed E-state index contributed by atoms with van der Waals surface area (Å²) in [5.41, 5.74) is -3.23. The molecule has 2 aromatic carbocycles. The number of carbonyl (C=O) groups excluding carboxylic acids is 1. The van der Waals surface area contributed by atoms with Crippen molar-refractivity contribution < 1.29 is 36.1 Å². The molecule has 0 aliphatic carbocycles. The van der Waals surface area contributed by atoms with Crippen LogP contribution in [0.3, 0.4) is 0 Å². The highest BCUT2D eigenvalue weighted by Gasteiger charge is 2.38. The van der Waals surface area contributed by atoms with Gasteiger partial charge in [-0.25, -0.2) is 0 Å². The van der Waals surface area contributed by atoms with Gasteiger partial charge in [-0.05, 0) is 30.3 Å². The van der Waals surface area contributed by atoms with Crippen LogP contribution in [-0.4, -0.2) is 41.9 Å². The Bertz CT molecular complexity index is 949. The third-order valence-corrected chi connectivity index (χ3v) is 4.83. The first-order valence-corrected chi connectivity index (χ1v) is 8.94. The average molecular weight is 447 g/mol. The normalized spacial score (nSPS) is 15.2. The van der Waals surface area contributed by atoms with Gasteiger partial charge in [0.1, 0.15) is 0 Å². The Hall–Kier alpha value is -3.31. The molecule has 1 aliphatic rings. The Morgan fingerprint density at radius 3 is 1.74 bits per heavy atom. The first-order chi connectivity index (χ1) is 14.4. The van der Waals surface area contributed by atoms with Crippen molar-refractivity contribution in [2.24, 2.45) is 0 Å². The van der Waals surface area contributed by atoms with E-state index in [1.807, 2.05) is 0 Å². The lowest BCUT2D eigenvalue weighted by molar-refractivity contribution is -0.384. The Labute approximate surface area is 171 Å². The zero-order chi connectivity index (χ0) is 23.0. The quantitative estimate of drug-likeness (QED) is 0.392. The number of halogens is 6. The van der Waals surface area contributed by atoms with E-state index in [0.29, 0.717) is 17.8 Å². The highest BCUT2D eigenvalue weighted by molar-refractivity contribution is 5.95. The van der Waals surface area contributed by atoms with Crippen molar-refractivity contribution in [1.29, 1.82) is 0 Å². The number of hydrogen-bond donors (Lipinski definition) is 0. The van der Waals surface area contributed by atoms with Crippen molar-refractivity contribution in [3.63, 3.8) is 0 Å². The topological polar surface area (TPSA) is 66.7 Å². The number of carbonyl (C=O) groups is 1. The third-order valence-electron chi connectivity index (χ3n) is 4.83. The second-order valence-corrected chi connectivity index (χ2v) is 6.85. The molecule has 31 heavy (non-hydrogen) atoms. The fourth-order valence-corrected chi connectivity index (χ4v) is 3.21. The molecule has 0 aromatic heterocycles. The number of hydrogen-bond acceptors (Lipinski definition) is 4. The zero-order valence-electron chi connectivity index (χ0n) is 15.7. The van der Waals surface area contributed by atoms with Crippen molar-refractivity contribution in [3.05, 3.63) is 69.3 Å². The van der Waals surface area contributed by atoms with Gasteiger partial charge in [-0.3, -0.25) is 14.9 Å². The Morgan fingerprint density at radius 2 is 1.32 bits per heavy atom. The van der Waals surface area contributed by atoms with Crippen LogP contribution in [0.5, 0.6) is 0 Å². The van der Waals surface area contributed by atoms with Crippen molar-refractivity contribution >= 4 is 17.3 Å². The predicted octanol–water partition coefficient (Wildman–Crippen LogP) is 4.59. The summed E-state index contributed by atoms with van der Waals surface area (Å²) in [6.45, 7) is 0.643. The van der Waals surface area contributed by atoms with Crippen LogP contribution in [-0.2, 0) is 12.4 Å². The minimum absolute atomic E-state index is 0.0245. The van der Waals surface area contributed by atoms with Gasteiger partial charge >= 0.3 is 12.4 Å². The summed E-state index contributed by atoms with van der Waals surface area (Å²) in [5.74, 6) is -0.931. The number of amides is 1. The minimum atomic E-state index is -5.04. The molecule has 1 fully saturated rings. The van der Waals surface area contributed by atoms with Crippen LogP contribution in [0.2, 0.25) is 0 Å². The summed E-state index contributed by atoms with van der Waals surface area (Å²) >= 11 is 0. The molecule has 0 unspecified atom stereocenters. The standard InChI is InChI=1S/C19H15F6N3O3/c20-18(21,22)13-9-12(10-14(11-13)19(23,24)25)17(29)27-7-5-26(6-8-27)15-1-3-16(4-2-15)28(30)31/h1-4,9-11H,5-8H2. The van der Waals surface area contributed by atoms with Crippen LogP contribution in [0.1, 0.15) is 21.5 Å². The van der Waals surface area contributed by atoms with Crippen molar-refractivity contribution in [2.75, 3.05) is 31.1 Å². The first kappa shape index (κ1) is 22.4. The second kappa shape index (κ2) is 8.08. The fourth-order valence-electron chi connectivity index (χ4n) is 3.21. The lowest BCUT2D eigenvalue weighted by Gasteiger charge is -2.36. The maximum absolute atomic E-state index is 13.0. The third kappa shape index (κ3) is 5.06. The van der Waals surface area contributed by atoms with E-state index in [2.05, 4.69) is 0 Å². The monoisotopic (exact) mass is 447 g/mol. The van der Waals surface area contributed by atoms with E-state index in [0.717, 1.165) is 0 Å². The van der Waals surface area contributed by atoms with Gasteiger partial charge in [0.2, 0.25) is 0 Å². The molecular formula is C19H15F6N3O3. The summed E-state index contributed by atoms with van der Waals surface area (Å²) in [4.78, 5) is 25.8. The van der Waals surface area contributed by atoms with Crippen LogP contribution < -0.4 is 4.90 Å². The van der Waals surface area contributed by atoms with Gasteiger partial charge in [-0.15, -0.1) is 0 Å². The predicted molar refractivity (Wildman–Crippen MR) is 97.7 cm³/mol. The summed E-state index contributed by atoms with van der Waals surface area (Å²) in [6.07, 6.45) is -10.1. The van der Waals surface area contributed by atoms with E-state index in [1.54, 1.807) is 4.90 Å². The zero-order valence-corrected chi connectivity index (χ0v) is 15.7. The smallest absolute Gasteiger partial charge is 0.368 e. The van der Waals surface area contributed by atoms with Crippen LogP contribution >= 0.6 is 0 Å². The summed E-state index contributed by atoms with van der Waals surface area (Å²) in [5, 5.41) is 10.7. The molecular weight excluding hydrogens is 432 g/mol. The number of anilines is 1. The number of nitrogens with zero attached hydrogens (tertiary/aromatic N) is 3. The molecule has 0 radical (unpaired) electrons. The van der Waals surface area contributed by atoms with Gasteiger partial charge in [-0.1, -0.05) is 0 Å². The largest absolute Gasteiger partial charge is 0.416 e. The summed E-state index contributed by atoms with van der Waals surface area (Å²) < 4.78 is 78.1. The highest BCUT2D eigenvalue weighted by atomic mass is 19.4. The van der Waals surface area contributed by atoms with Gasteiger partial charge in [0.25, 0.3) is 11.6 Å². The van der Waals surface area contributed by atoms with E-state index >= 15 is 0 Å². The van der Waals surface area contributed by atoms with Crippen molar-refractivity contribution in [3.8, 4) is 0 Å². The minimum Gasteiger partial charge on any atom is -0.368 e. The number of alkyl halides is 6. The van der Waals surface area contributed by atoms with E-state index in [-0.39, 0.29) is 37.9 Å². The maximum Gasteiger partial charge on any atom is 0.416 e. The molecule has 12 heteroatoms. The molecule has 1 amide bonds. The fraction of sp³-hybridized carbons (Fsp3) is 0.316.